The molecule has 3 N–H and O–H groups in total. The smallest absolute Gasteiger partial charge is 0.254 e. The highest BCUT2D eigenvalue weighted by atomic mass is 35.5. The topological polar surface area (TPSA) is 99.8 Å². The number of nitrogens with one attached hydrogen (secondary N) is 3. The minimum Gasteiger partial charge on any atom is -0.326 e. The number of nitrogens with zero attached hydrogens (tertiary/aromatic N) is 2. The van der Waals surface area contributed by atoms with Crippen molar-refractivity contribution in [3.8, 4) is 11.4 Å². The first kappa shape index (κ1) is 26.3. The van der Waals surface area contributed by atoms with E-state index in [1.165, 1.54) is 0 Å². The molecule has 0 unspecified atom stereocenters. The van der Waals surface area contributed by atoms with Crippen molar-refractivity contribution >= 4 is 36.4 Å². The Kier molecular flexibility index (Phi) is 10.9. The molecule has 0 saturated heterocycles. The zero-order valence-corrected chi connectivity index (χ0v) is 19.1. The van der Waals surface area contributed by atoms with Crippen molar-refractivity contribution < 1.29 is 4.79 Å². The fraction of sp³-hybridized carbons (Fsp3) is 0.273. The lowest BCUT2D eigenvalue weighted by molar-refractivity contribution is -0.116. The van der Waals surface area contributed by atoms with E-state index in [2.05, 4.69) is 25.6 Å². The number of aromatic amines is 1. The van der Waals surface area contributed by atoms with E-state index in [0.717, 1.165) is 29.9 Å². The van der Waals surface area contributed by atoms with E-state index in [1.807, 2.05) is 37.3 Å². The molecule has 2 heterocycles. The van der Waals surface area contributed by atoms with Crippen molar-refractivity contribution in [3.05, 3.63) is 76.0 Å². The van der Waals surface area contributed by atoms with Gasteiger partial charge in [-0.15, -0.1) is 24.8 Å². The number of aromatic nitrogens is 3. The van der Waals surface area contributed by atoms with E-state index in [1.54, 1.807) is 25.4 Å². The minimum absolute atomic E-state index is 0. The molecule has 3 rings (SSSR count). The number of halogens is 2. The summed E-state index contributed by atoms with van der Waals surface area (Å²) in [5, 5.41) is 6.16. The number of pyridine rings is 1. The molecule has 2 aromatic heterocycles. The van der Waals surface area contributed by atoms with Gasteiger partial charge < -0.3 is 15.6 Å². The fourth-order valence-electron chi connectivity index (χ4n) is 3.03. The summed E-state index contributed by atoms with van der Waals surface area (Å²) in [6.45, 7) is 5.47. The van der Waals surface area contributed by atoms with E-state index >= 15 is 0 Å². The summed E-state index contributed by atoms with van der Waals surface area (Å²) in [4.78, 5) is 36.2. The number of hydrogen-bond acceptors (Lipinski definition) is 5. The van der Waals surface area contributed by atoms with Crippen LogP contribution >= 0.6 is 24.8 Å². The number of amides is 1. The number of aryl methyl sites for hydroxylation is 1. The van der Waals surface area contributed by atoms with E-state index < -0.39 is 0 Å². The van der Waals surface area contributed by atoms with Crippen LogP contribution in [0.4, 0.5) is 5.69 Å². The van der Waals surface area contributed by atoms with Gasteiger partial charge in [-0.05, 0) is 49.7 Å². The molecule has 1 aromatic carbocycles. The lowest BCUT2D eigenvalue weighted by Gasteiger charge is -2.09. The first-order valence-electron chi connectivity index (χ1n) is 9.66. The standard InChI is InChI=1S/C22H25N5O2.2ClH/c1-3-23-13-16-6-4-8-18(12-16)26-20(28)10-9-19-15(2)25-21(27-22(19)29)17-7-5-11-24-14-17;;/h4-8,11-12,14,23H,3,9-10,13H2,1-2H3,(H,26,28)(H,25,27,29);2*1H. The zero-order valence-electron chi connectivity index (χ0n) is 17.5. The van der Waals surface area contributed by atoms with Crippen molar-refractivity contribution in [2.45, 2.75) is 33.2 Å². The van der Waals surface area contributed by atoms with Crippen molar-refractivity contribution in [1.29, 1.82) is 0 Å². The highest BCUT2D eigenvalue weighted by molar-refractivity contribution is 5.90. The number of anilines is 1. The second-order valence-electron chi connectivity index (χ2n) is 6.75. The maximum atomic E-state index is 12.5. The van der Waals surface area contributed by atoms with Crippen molar-refractivity contribution in [3.63, 3.8) is 0 Å². The van der Waals surface area contributed by atoms with Gasteiger partial charge in [0.05, 0.1) is 0 Å². The Hall–Kier alpha value is -2.74. The Labute approximate surface area is 193 Å². The van der Waals surface area contributed by atoms with Gasteiger partial charge in [0, 0.05) is 47.9 Å². The van der Waals surface area contributed by atoms with Crippen LogP contribution in [0.1, 0.15) is 30.2 Å². The molecule has 31 heavy (non-hydrogen) atoms. The lowest BCUT2D eigenvalue weighted by Crippen LogP contribution is -2.20. The molecule has 1 amide bonds. The van der Waals surface area contributed by atoms with Gasteiger partial charge in [0.25, 0.3) is 5.56 Å². The monoisotopic (exact) mass is 463 g/mol. The molecule has 9 heteroatoms. The quantitative estimate of drug-likeness (QED) is 0.473. The largest absolute Gasteiger partial charge is 0.326 e. The third-order valence-electron chi connectivity index (χ3n) is 4.55. The minimum atomic E-state index is -0.225. The first-order valence-corrected chi connectivity index (χ1v) is 9.66. The first-order chi connectivity index (χ1) is 14.1. The van der Waals surface area contributed by atoms with Crippen LogP contribution < -0.4 is 16.2 Å². The summed E-state index contributed by atoms with van der Waals surface area (Å²) in [6.07, 6.45) is 3.84. The van der Waals surface area contributed by atoms with Gasteiger partial charge in [0.1, 0.15) is 5.82 Å². The van der Waals surface area contributed by atoms with E-state index in [9.17, 15) is 9.59 Å². The molecular formula is C22H27Cl2N5O2. The molecule has 0 aliphatic carbocycles. The van der Waals surface area contributed by atoms with E-state index in [-0.39, 0.29) is 42.7 Å². The second kappa shape index (κ2) is 12.8. The van der Waals surface area contributed by atoms with Gasteiger partial charge in [0.2, 0.25) is 5.91 Å². The van der Waals surface area contributed by atoms with Crippen LogP contribution in [0.5, 0.6) is 0 Å². The summed E-state index contributed by atoms with van der Waals surface area (Å²) >= 11 is 0. The predicted molar refractivity (Wildman–Crippen MR) is 128 cm³/mol. The molecular weight excluding hydrogens is 437 g/mol. The molecule has 0 aliphatic rings. The van der Waals surface area contributed by atoms with Gasteiger partial charge in [-0.1, -0.05) is 19.1 Å². The summed E-state index contributed by atoms with van der Waals surface area (Å²) < 4.78 is 0. The van der Waals surface area contributed by atoms with Crippen molar-refractivity contribution in [2.75, 3.05) is 11.9 Å². The van der Waals surface area contributed by atoms with E-state index in [0.29, 0.717) is 23.5 Å². The Bertz CT molecular complexity index is 1040. The van der Waals surface area contributed by atoms with Gasteiger partial charge in [-0.3, -0.25) is 14.6 Å². The van der Waals surface area contributed by atoms with Crippen LogP contribution in [0, 0.1) is 6.92 Å². The molecule has 0 atom stereocenters. The van der Waals surface area contributed by atoms with Crippen LogP contribution in [0.3, 0.4) is 0 Å². The van der Waals surface area contributed by atoms with Crippen LogP contribution in [-0.4, -0.2) is 27.4 Å². The summed E-state index contributed by atoms with van der Waals surface area (Å²) in [5.74, 6) is 0.340. The highest BCUT2D eigenvalue weighted by Gasteiger charge is 2.12. The molecule has 0 saturated carbocycles. The Morgan fingerprint density at radius 3 is 2.65 bits per heavy atom. The third-order valence-corrected chi connectivity index (χ3v) is 4.55. The van der Waals surface area contributed by atoms with Crippen molar-refractivity contribution in [1.82, 2.24) is 20.3 Å². The molecule has 7 nitrogen and oxygen atoms in total. The highest BCUT2D eigenvalue weighted by Crippen LogP contribution is 2.14. The van der Waals surface area contributed by atoms with Crippen molar-refractivity contribution in [2.24, 2.45) is 0 Å². The second-order valence-corrected chi connectivity index (χ2v) is 6.75. The molecule has 166 valence electrons. The molecule has 3 aromatic rings. The Morgan fingerprint density at radius 2 is 1.97 bits per heavy atom. The van der Waals surface area contributed by atoms with Crippen LogP contribution in [-0.2, 0) is 17.8 Å². The summed E-state index contributed by atoms with van der Waals surface area (Å²) in [5.41, 5.74) is 3.51. The average Bonchev–Trinajstić information content (AvgIpc) is 2.72. The number of carbonyl (C=O) groups excluding carboxylic acids is 1. The lowest BCUT2D eigenvalue weighted by atomic mass is 10.1. The van der Waals surface area contributed by atoms with Gasteiger partial charge >= 0.3 is 0 Å². The number of carbonyl (C=O) groups is 1. The molecule has 0 aliphatic heterocycles. The van der Waals surface area contributed by atoms with Crippen LogP contribution in [0.2, 0.25) is 0 Å². The average molecular weight is 464 g/mol. The molecule has 0 radical (unpaired) electrons. The predicted octanol–water partition coefficient (Wildman–Crippen LogP) is 3.66. The van der Waals surface area contributed by atoms with Crippen LogP contribution in [0.25, 0.3) is 11.4 Å². The van der Waals surface area contributed by atoms with Gasteiger partial charge in [-0.2, -0.15) is 0 Å². The molecule has 0 bridgehead atoms. The van der Waals surface area contributed by atoms with E-state index in [4.69, 9.17) is 0 Å². The maximum absolute atomic E-state index is 12.5. The fourth-order valence-corrected chi connectivity index (χ4v) is 3.03. The number of hydrogen-bond donors (Lipinski definition) is 3. The molecule has 0 spiro atoms. The number of H-pyrrole nitrogens is 1. The zero-order chi connectivity index (χ0) is 20.6. The normalized spacial score (nSPS) is 10.0. The number of benzene rings is 1. The molecule has 0 fully saturated rings. The summed E-state index contributed by atoms with van der Waals surface area (Å²) in [6, 6.07) is 11.4. The third kappa shape index (κ3) is 7.47. The number of rotatable bonds is 8. The van der Waals surface area contributed by atoms with Gasteiger partial charge in [0.15, 0.2) is 0 Å². The SMILES string of the molecule is CCNCc1cccc(NC(=O)CCc2c(C)nc(-c3cccnc3)[nH]c2=O)c1.Cl.Cl. The summed E-state index contributed by atoms with van der Waals surface area (Å²) in [7, 11) is 0. The Balaban J connectivity index is 0.00000240. The van der Waals surface area contributed by atoms with Crippen LogP contribution in [0.15, 0.2) is 53.6 Å². The maximum Gasteiger partial charge on any atom is 0.254 e. The Morgan fingerprint density at radius 1 is 1.16 bits per heavy atom. The van der Waals surface area contributed by atoms with Gasteiger partial charge in [-0.25, -0.2) is 4.98 Å².